The van der Waals surface area contributed by atoms with Crippen LogP contribution < -0.4 is 10.6 Å². The van der Waals surface area contributed by atoms with Crippen molar-refractivity contribution in [1.29, 1.82) is 5.26 Å². The van der Waals surface area contributed by atoms with Crippen LogP contribution in [0.5, 0.6) is 0 Å². The topological polar surface area (TPSA) is 165 Å². The van der Waals surface area contributed by atoms with Crippen molar-refractivity contribution in [2.75, 3.05) is 6.61 Å². The maximum Gasteiger partial charge on any atom is 0.397 e. The van der Waals surface area contributed by atoms with Gasteiger partial charge in [-0.05, 0) is 36.1 Å². The Morgan fingerprint density at radius 3 is 2.52 bits per heavy atom. The normalized spacial score (nSPS) is 12.0. The first-order valence-corrected chi connectivity index (χ1v) is 12.6. The van der Waals surface area contributed by atoms with Gasteiger partial charge < -0.3 is 19.9 Å². The molecular weight excluding hydrogens is 514 g/mol. The van der Waals surface area contributed by atoms with E-state index in [9.17, 15) is 14.4 Å². The molecule has 0 saturated carbocycles. The number of nitriles is 1. The highest BCUT2D eigenvalue weighted by molar-refractivity contribution is 6.06. The molecule has 2 amide bonds. The lowest BCUT2D eigenvalue weighted by atomic mass is 9.86. The first kappa shape index (κ1) is 28.0. The van der Waals surface area contributed by atoms with E-state index in [0.29, 0.717) is 17.5 Å². The molecule has 2 N–H and O–H groups in total. The third-order valence-corrected chi connectivity index (χ3v) is 6.03. The van der Waals surface area contributed by atoms with Crippen LogP contribution in [0.25, 0.3) is 10.9 Å². The van der Waals surface area contributed by atoms with E-state index in [1.54, 1.807) is 29.8 Å². The van der Waals surface area contributed by atoms with Crippen LogP contribution in [0, 0.1) is 16.7 Å². The lowest BCUT2D eigenvalue weighted by molar-refractivity contribution is -0.125. The summed E-state index contributed by atoms with van der Waals surface area (Å²) >= 11 is 0. The van der Waals surface area contributed by atoms with E-state index in [2.05, 4.69) is 31.9 Å². The maximum absolute atomic E-state index is 13.5. The van der Waals surface area contributed by atoms with Crippen LogP contribution in [0.3, 0.4) is 0 Å². The van der Waals surface area contributed by atoms with Crippen LogP contribution in [0.1, 0.15) is 65.8 Å². The minimum atomic E-state index is -0.932. The Bertz CT molecular complexity index is 1580. The molecule has 2 heterocycles. The summed E-state index contributed by atoms with van der Waals surface area (Å²) in [4.78, 5) is 42.3. The van der Waals surface area contributed by atoms with E-state index in [0.717, 1.165) is 11.1 Å². The fourth-order valence-electron chi connectivity index (χ4n) is 4.02. The predicted molar refractivity (Wildman–Crippen MR) is 143 cm³/mol. The van der Waals surface area contributed by atoms with Gasteiger partial charge in [0.1, 0.15) is 6.04 Å². The fraction of sp³-hybridized carbons (Fsp3) is 0.321. The number of fused-ring (bicyclic) bond motifs is 1. The number of nitrogens with zero attached hydrogens (tertiary/aromatic N) is 5. The number of hydrogen-bond donors (Lipinski definition) is 2. The highest BCUT2D eigenvalue weighted by Gasteiger charge is 2.34. The molecule has 4 rings (SSSR count). The van der Waals surface area contributed by atoms with Crippen LogP contribution >= 0.6 is 0 Å². The molecule has 0 saturated heterocycles. The summed E-state index contributed by atoms with van der Waals surface area (Å²) in [5, 5.41) is 23.5. The third kappa shape index (κ3) is 6.32. The van der Waals surface area contributed by atoms with E-state index in [4.69, 9.17) is 14.5 Å². The molecular formula is C28H29N7O5. The molecule has 0 unspecified atom stereocenters. The molecule has 4 aromatic rings. The van der Waals surface area contributed by atoms with Crippen LogP contribution in [0.15, 0.2) is 53.1 Å². The Labute approximate surface area is 230 Å². The Kier molecular flexibility index (Phi) is 8.23. The Morgan fingerprint density at radius 1 is 1.12 bits per heavy atom. The zero-order valence-electron chi connectivity index (χ0n) is 22.6. The highest BCUT2D eigenvalue weighted by atomic mass is 16.6. The molecule has 0 radical (unpaired) electrons. The van der Waals surface area contributed by atoms with Gasteiger partial charge in [-0.2, -0.15) is 15.3 Å². The molecule has 40 heavy (non-hydrogen) atoms. The van der Waals surface area contributed by atoms with E-state index in [1.807, 2.05) is 51.1 Å². The minimum Gasteiger partial charge on any atom is -0.459 e. The summed E-state index contributed by atoms with van der Waals surface area (Å²) < 4.78 is 11.4. The van der Waals surface area contributed by atoms with Crippen LogP contribution in [0.2, 0.25) is 0 Å². The zero-order valence-corrected chi connectivity index (χ0v) is 22.6. The molecule has 2 aromatic heterocycles. The van der Waals surface area contributed by atoms with Crippen LogP contribution in [0.4, 0.5) is 0 Å². The van der Waals surface area contributed by atoms with Gasteiger partial charge in [-0.3, -0.25) is 14.3 Å². The lowest BCUT2D eigenvalue weighted by Gasteiger charge is -2.30. The van der Waals surface area contributed by atoms with Gasteiger partial charge in [-0.15, -0.1) is 0 Å². The number of carbonyl (C=O) groups is 3. The van der Waals surface area contributed by atoms with Gasteiger partial charge in [0.2, 0.25) is 5.91 Å². The molecule has 0 aliphatic carbocycles. The summed E-state index contributed by atoms with van der Waals surface area (Å²) in [5.41, 5.74) is 1.75. The molecule has 0 spiro atoms. The van der Waals surface area contributed by atoms with Crippen molar-refractivity contribution < 1.29 is 23.6 Å². The van der Waals surface area contributed by atoms with E-state index in [-0.39, 0.29) is 30.6 Å². The molecule has 0 bridgehead atoms. The summed E-state index contributed by atoms with van der Waals surface area (Å²) in [7, 11) is 0. The molecule has 12 nitrogen and oxygen atoms in total. The number of rotatable bonds is 9. The lowest BCUT2D eigenvalue weighted by Crippen LogP contribution is -2.53. The Balaban J connectivity index is 1.51. The number of benzene rings is 2. The monoisotopic (exact) mass is 543 g/mol. The molecule has 12 heteroatoms. The van der Waals surface area contributed by atoms with Gasteiger partial charge in [0.25, 0.3) is 5.91 Å². The van der Waals surface area contributed by atoms with Crippen molar-refractivity contribution in [3.05, 3.63) is 77.1 Å². The Hall–Kier alpha value is -5.05. The fourth-order valence-corrected chi connectivity index (χ4v) is 4.02. The largest absolute Gasteiger partial charge is 0.459 e. The van der Waals surface area contributed by atoms with E-state index >= 15 is 0 Å². The van der Waals surface area contributed by atoms with Crippen molar-refractivity contribution in [3.63, 3.8) is 0 Å². The number of esters is 1. The summed E-state index contributed by atoms with van der Waals surface area (Å²) in [6, 6.07) is 15.6. The van der Waals surface area contributed by atoms with Crippen LogP contribution in [-0.4, -0.2) is 50.4 Å². The maximum atomic E-state index is 13.5. The van der Waals surface area contributed by atoms with Gasteiger partial charge in [-0.25, -0.2) is 4.79 Å². The molecule has 0 aliphatic rings. The zero-order chi connectivity index (χ0) is 28.9. The number of aromatic nitrogens is 4. The molecule has 0 fully saturated rings. The SMILES string of the molecule is CCOC(=O)c1nc(CNC(=O)[C@@H](NC(=O)c2nn(Cc3ccc(C#N)cc3)c3ccccc23)C(C)(C)C)no1. The number of ether oxygens (including phenoxy) is 1. The summed E-state index contributed by atoms with van der Waals surface area (Å²) in [6.07, 6.45) is 0. The standard InChI is InChI=1S/C28H29N7O5/c1-5-39-27(38)26-31-21(34-40-26)15-30-25(37)23(28(2,3)4)32-24(36)22-19-8-6-7-9-20(19)35(33-22)16-18-12-10-17(14-29)11-13-18/h6-13,23H,5,15-16H2,1-4H3,(H,30,37)(H,32,36)/t23-/m1/s1. The summed E-state index contributed by atoms with van der Waals surface area (Å²) in [5.74, 6) is -1.95. The Morgan fingerprint density at radius 2 is 1.85 bits per heavy atom. The van der Waals surface area contributed by atoms with Crippen LogP contribution in [-0.2, 0) is 22.6 Å². The van der Waals surface area contributed by atoms with Gasteiger partial charge >= 0.3 is 11.9 Å². The molecule has 1 atom stereocenters. The second-order valence-electron chi connectivity index (χ2n) is 10.1. The summed E-state index contributed by atoms with van der Waals surface area (Å²) in [6.45, 7) is 7.56. The smallest absolute Gasteiger partial charge is 0.397 e. The minimum absolute atomic E-state index is 0.0860. The van der Waals surface area contributed by atoms with Gasteiger partial charge in [-0.1, -0.05) is 56.3 Å². The average molecular weight is 544 g/mol. The second-order valence-corrected chi connectivity index (χ2v) is 10.1. The number of amides is 2. The molecule has 2 aromatic carbocycles. The number of hydrogen-bond acceptors (Lipinski definition) is 9. The van der Waals surface area contributed by atoms with Gasteiger partial charge in [0.15, 0.2) is 11.5 Å². The molecule has 206 valence electrons. The van der Waals surface area contributed by atoms with E-state index < -0.39 is 29.2 Å². The van der Waals surface area contributed by atoms with Gasteiger partial charge in [0, 0.05) is 5.39 Å². The van der Waals surface area contributed by atoms with Crippen molar-refractivity contribution in [3.8, 4) is 6.07 Å². The number of carbonyl (C=O) groups excluding carboxylic acids is 3. The number of nitrogens with one attached hydrogen (secondary N) is 2. The quantitative estimate of drug-likeness (QED) is 0.302. The van der Waals surface area contributed by atoms with Crippen molar-refractivity contribution in [2.24, 2.45) is 5.41 Å². The van der Waals surface area contributed by atoms with Crippen molar-refractivity contribution in [1.82, 2.24) is 30.6 Å². The third-order valence-electron chi connectivity index (χ3n) is 6.03. The van der Waals surface area contributed by atoms with Crippen molar-refractivity contribution in [2.45, 2.75) is 46.8 Å². The van der Waals surface area contributed by atoms with E-state index in [1.165, 1.54) is 0 Å². The molecule has 0 aliphatic heterocycles. The second kappa shape index (κ2) is 11.8. The van der Waals surface area contributed by atoms with Gasteiger partial charge in [0.05, 0.1) is 36.8 Å². The highest BCUT2D eigenvalue weighted by Crippen LogP contribution is 2.23. The number of para-hydroxylation sites is 1. The average Bonchev–Trinajstić information content (AvgIpc) is 3.56. The van der Waals surface area contributed by atoms with Crippen molar-refractivity contribution >= 4 is 28.7 Å². The predicted octanol–water partition coefficient (Wildman–Crippen LogP) is 2.98. The first-order valence-electron chi connectivity index (χ1n) is 12.6. The first-order chi connectivity index (χ1) is 19.1.